The van der Waals surface area contributed by atoms with Crippen LogP contribution in [0.2, 0.25) is 5.02 Å². The molecule has 1 aromatic carbocycles. The number of ketones is 1. The normalized spacial score (nSPS) is 10.9. The summed E-state index contributed by atoms with van der Waals surface area (Å²) in [5, 5.41) is 4.65. The quantitative estimate of drug-likeness (QED) is 0.438. The number of hydrogen-bond acceptors (Lipinski definition) is 5. The molecule has 0 saturated carbocycles. The summed E-state index contributed by atoms with van der Waals surface area (Å²) >= 11 is 6.13. The average Bonchev–Trinajstić information content (AvgIpc) is 2.90. The molecule has 6 nitrogen and oxygen atoms in total. The van der Waals surface area contributed by atoms with Crippen LogP contribution < -0.4 is 4.74 Å². The molecule has 132 valence electrons. The number of aromatic nitrogens is 2. The minimum absolute atomic E-state index is 0.0544. The third kappa shape index (κ3) is 4.28. The molecule has 0 bridgehead atoms. The maximum Gasteiger partial charge on any atom is 0.514 e. The zero-order valence-electron chi connectivity index (χ0n) is 14.3. The van der Waals surface area contributed by atoms with Gasteiger partial charge in [-0.3, -0.25) is 4.79 Å². The number of ether oxygens (including phenoxy) is 2. The van der Waals surface area contributed by atoms with Gasteiger partial charge < -0.3 is 9.47 Å². The lowest BCUT2D eigenvalue weighted by Crippen LogP contribution is -2.14. The molecule has 25 heavy (non-hydrogen) atoms. The van der Waals surface area contributed by atoms with Crippen LogP contribution >= 0.6 is 11.6 Å². The van der Waals surface area contributed by atoms with E-state index in [1.54, 1.807) is 31.2 Å². The Labute approximate surface area is 151 Å². The molecular formula is C18H19ClN2O4. The Bertz CT molecular complexity index is 811. The fourth-order valence-electron chi connectivity index (χ4n) is 2.34. The van der Waals surface area contributed by atoms with E-state index in [4.69, 9.17) is 16.3 Å². The Kier molecular flexibility index (Phi) is 6.36. The first-order valence-electron chi connectivity index (χ1n) is 7.73. The second-order valence-electron chi connectivity index (χ2n) is 5.21. The molecular weight excluding hydrogens is 344 g/mol. The summed E-state index contributed by atoms with van der Waals surface area (Å²) in [6, 6.07) is 6.69. The monoisotopic (exact) mass is 362 g/mol. The van der Waals surface area contributed by atoms with Gasteiger partial charge >= 0.3 is 6.16 Å². The van der Waals surface area contributed by atoms with E-state index < -0.39 is 6.16 Å². The van der Waals surface area contributed by atoms with E-state index in [0.29, 0.717) is 29.2 Å². The molecule has 2 rings (SSSR count). The molecule has 0 amide bonds. The first-order chi connectivity index (χ1) is 12.0. The van der Waals surface area contributed by atoms with Crippen LogP contribution in [0.3, 0.4) is 0 Å². The van der Waals surface area contributed by atoms with Crippen LogP contribution in [-0.2, 0) is 11.3 Å². The van der Waals surface area contributed by atoms with Crippen molar-refractivity contribution in [2.75, 3.05) is 7.11 Å². The van der Waals surface area contributed by atoms with Crippen molar-refractivity contribution in [2.24, 2.45) is 0 Å². The highest BCUT2D eigenvalue weighted by Crippen LogP contribution is 2.28. The number of carbonyl (C=O) groups excluding carboxylic acids is 2. The summed E-state index contributed by atoms with van der Waals surface area (Å²) in [6.07, 6.45) is 3.62. The van der Waals surface area contributed by atoms with Gasteiger partial charge in [0.25, 0.3) is 0 Å². The lowest BCUT2D eigenvalue weighted by molar-refractivity contribution is 0.102. The number of methoxy groups -OCH3 is 1. The van der Waals surface area contributed by atoms with Crippen molar-refractivity contribution in [3.63, 3.8) is 0 Å². The van der Waals surface area contributed by atoms with Crippen LogP contribution in [0.5, 0.6) is 5.88 Å². The Morgan fingerprint density at radius 2 is 2.04 bits per heavy atom. The largest absolute Gasteiger partial charge is 0.514 e. The Hall–Kier alpha value is -2.60. The predicted molar refractivity (Wildman–Crippen MR) is 94.3 cm³/mol. The maximum atomic E-state index is 12.9. The Morgan fingerprint density at radius 3 is 2.68 bits per heavy atom. The molecule has 0 N–H and O–H groups in total. The second kappa shape index (κ2) is 8.48. The van der Waals surface area contributed by atoms with Gasteiger partial charge in [0.2, 0.25) is 11.7 Å². The third-order valence-electron chi connectivity index (χ3n) is 3.52. The molecule has 0 aliphatic carbocycles. The maximum absolute atomic E-state index is 12.9. The van der Waals surface area contributed by atoms with Gasteiger partial charge in [-0.1, -0.05) is 35.9 Å². The topological polar surface area (TPSA) is 70.4 Å². The summed E-state index contributed by atoms with van der Waals surface area (Å²) < 4.78 is 11.2. The van der Waals surface area contributed by atoms with Crippen LogP contribution in [0.15, 0.2) is 36.4 Å². The van der Waals surface area contributed by atoms with E-state index in [1.165, 1.54) is 11.8 Å². The minimum Gasteiger partial charge on any atom is -0.437 e. The third-order valence-corrected chi connectivity index (χ3v) is 3.85. The molecule has 0 aliphatic heterocycles. The number of allylic oxidation sites excluding steroid dienone is 2. The molecule has 0 spiro atoms. The van der Waals surface area contributed by atoms with E-state index in [2.05, 4.69) is 9.84 Å². The number of rotatable bonds is 6. The minimum atomic E-state index is -0.916. The number of carbonyl (C=O) groups is 2. The van der Waals surface area contributed by atoms with Gasteiger partial charge in [0.1, 0.15) is 5.56 Å². The van der Waals surface area contributed by atoms with Gasteiger partial charge in [0, 0.05) is 12.1 Å². The highest BCUT2D eigenvalue weighted by Gasteiger charge is 2.27. The van der Waals surface area contributed by atoms with Crippen molar-refractivity contribution < 1.29 is 19.1 Å². The number of aryl methyl sites for hydroxylation is 2. The fraction of sp³-hybridized carbons (Fsp3) is 0.278. The highest BCUT2D eigenvalue weighted by molar-refractivity contribution is 6.35. The van der Waals surface area contributed by atoms with E-state index in [0.717, 1.165) is 0 Å². The van der Waals surface area contributed by atoms with Crippen LogP contribution in [0, 0.1) is 6.92 Å². The first-order valence-corrected chi connectivity index (χ1v) is 8.11. The van der Waals surface area contributed by atoms with Crippen molar-refractivity contribution in [3.05, 3.63) is 58.3 Å². The van der Waals surface area contributed by atoms with Gasteiger partial charge in [-0.2, -0.15) is 5.10 Å². The average molecular weight is 363 g/mol. The highest BCUT2D eigenvalue weighted by atomic mass is 35.5. The molecule has 0 fully saturated rings. The summed E-state index contributed by atoms with van der Waals surface area (Å²) in [7, 11) is 1.20. The second-order valence-corrected chi connectivity index (χ2v) is 5.62. The molecule has 2 aromatic rings. The van der Waals surface area contributed by atoms with Gasteiger partial charge in [0.05, 0.1) is 17.8 Å². The van der Waals surface area contributed by atoms with Gasteiger partial charge in [-0.15, -0.1) is 0 Å². The number of benzene rings is 1. The molecule has 0 aliphatic rings. The van der Waals surface area contributed by atoms with Crippen LogP contribution in [-0.4, -0.2) is 28.8 Å². The SMILES string of the molecule is C/C=C/CCn1nc(C)c(C(=O)c2ccccc2Cl)c1OC(=O)OC. The van der Waals surface area contributed by atoms with Gasteiger partial charge in [-0.05, 0) is 32.4 Å². The first kappa shape index (κ1) is 18.7. The number of hydrogen-bond donors (Lipinski definition) is 0. The van der Waals surface area contributed by atoms with E-state index in [-0.39, 0.29) is 17.2 Å². The summed E-state index contributed by atoms with van der Waals surface area (Å²) in [6.45, 7) is 4.04. The van der Waals surface area contributed by atoms with Crippen molar-refractivity contribution in [3.8, 4) is 5.88 Å². The van der Waals surface area contributed by atoms with Crippen LogP contribution in [0.4, 0.5) is 4.79 Å². The lowest BCUT2D eigenvalue weighted by atomic mass is 10.0. The molecule has 1 heterocycles. The lowest BCUT2D eigenvalue weighted by Gasteiger charge is -2.09. The van der Waals surface area contributed by atoms with E-state index >= 15 is 0 Å². The zero-order valence-corrected chi connectivity index (χ0v) is 15.0. The van der Waals surface area contributed by atoms with Gasteiger partial charge in [-0.25, -0.2) is 9.48 Å². The van der Waals surface area contributed by atoms with Crippen LogP contribution in [0.25, 0.3) is 0 Å². The van der Waals surface area contributed by atoms with Crippen molar-refractivity contribution in [2.45, 2.75) is 26.8 Å². The molecule has 1 aromatic heterocycles. The molecule has 0 radical (unpaired) electrons. The van der Waals surface area contributed by atoms with E-state index in [1.807, 2.05) is 19.1 Å². The Balaban J connectivity index is 2.49. The molecule has 7 heteroatoms. The zero-order chi connectivity index (χ0) is 18.4. The Morgan fingerprint density at radius 1 is 1.32 bits per heavy atom. The fourth-order valence-corrected chi connectivity index (χ4v) is 2.56. The number of halogens is 1. The smallest absolute Gasteiger partial charge is 0.437 e. The standard InChI is InChI=1S/C18H19ClN2O4/c1-4-5-8-11-21-17(25-18(23)24-3)15(12(2)20-21)16(22)13-9-6-7-10-14(13)19/h4-7,9-10H,8,11H2,1-3H3/b5-4+. The predicted octanol–water partition coefficient (Wildman–Crippen LogP) is 4.19. The van der Waals surface area contributed by atoms with E-state index in [9.17, 15) is 9.59 Å². The van der Waals surface area contributed by atoms with Crippen molar-refractivity contribution >= 4 is 23.5 Å². The molecule has 0 atom stereocenters. The molecule has 0 saturated heterocycles. The van der Waals surface area contributed by atoms with Crippen LogP contribution in [0.1, 0.15) is 35.0 Å². The summed E-state index contributed by atoms with van der Waals surface area (Å²) in [4.78, 5) is 24.6. The van der Waals surface area contributed by atoms with Crippen molar-refractivity contribution in [1.29, 1.82) is 0 Å². The number of nitrogens with zero attached hydrogens (tertiary/aromatic N) is 2. The molecule has 0 unspecified atom stereocenters. The van der Waals surface area contributed by atoms with Crippen molar-refractivity contribution in [1.82, 2.24) is 9.78 Å². The van der Waals surface area contributed by atoms with Gasteiger partial charge in [0.15, 0.2) is 0 Å². The summed E-state index contributed by atoms with van der Waals surface area (Å²) in [5.74, 6) is -0.307. The summed E-state index contributed by atoms with van der Waals surface area (Å²) in [5.41, 5.74) is 0.957.